The summed E-state index contributed by atoms with van der Waals surface area (Å²) in [7, 11) is 0. The molecule has 0 aliphatic carbocycles. The molecule has 0 saturated carbocycles. The lowest BCUT2D eigenvalue weighted by molar-refractivity contribution is -0.0899. The van der Waals surface area contributed by atoms with Gasteiger partial charge in [-0.05, 0) is 18.9 Å². The molecule has 1 aromatic rings. The molecular weight excluding hydrogens is 216 g/mol. The fourth-order valence-corrected chi connectivity index (χ4v) is 1.97. The minimum absolute atomic E-state index is 0.249. The fourth-order valence-electron chi connectivity index (χ4n) is 1.81. The van der Waals surface area contributed by atoms with E-state index in [2.05, 4.69) is 4.98 Å². The van der Waals surface area contributed by atoms with Crippen molar-refractivity contribution in [3.05, 3.63) is 22.8 Å². The Morgan fingerprint density at radius 1 is 1.60 bits per heavy atom. The first-order chi connectivity index (χ1) is 7.12. The van der Waals surface area contributed by atoms with Gasteiger partial charge in [-0.3, -0.25) is 0 Å². The summed E-state index contributed by atoms with van der Waals surface area (Å²) in [5.74, 6) is 0.312. The summed E-state index contributed by atoms with van der Waals surface area (Å²) < 4.78 is 5.26. The van der Waals surface area contributed by atoms with Gasteiger partial charge in [0.1, 0.15) is 11.4 Å². The van der Waals surface area contributed by atoms with Gasteiger partial charge in [0.15, 0.2) is 0 Å². The second-order valence-electron chi connectivity index (χ2n) is 3.77. The normalized spacial score (nSPS) is 26.5. The van der Waals surface area contributed by atoms with E-state index in [1.54, 1.807) is 6.07 Å². The van der Waals surface area contributed by atoms with Crippen LogP contribution in [0, 0.1) is 0 Å². The van der Waals surface area contributed by atoms with Gasteiger partial charge in [-0.2, -0.15) is 0 Å². The number of hydrogen-bond acceptors (Lipinski definition) is 4. The maximum absolute atomic E-state index is 10.3. The Bertz CT molecular complexity index is 364. The third-order valence-corrected chi connectivity index (χ3v) is 2.81. The second kappa shape index (κ2) is 3.96. The van der Waals surface area contributed by atoms with Crippen molar-refractivity contribution in [2.24, 2.45) is 0 Å². The molecule has 4 nitrogen and oxygen atoms in total. The molecule has 1 atom stereocenters. The number of aliphatic hydroxyl groups is 1. The highest BCUT2D eigenvalue weighted by Gasteiger charge is 2.34. The zero-order chi connectivity index (χ0) is 10.9. The summed E-state index contributed by atoms with van der Waals surface area (Å²) >= 11 is 5.83. The lowest BCUT2D eigenvalue weighted by Crippen LogP contribution is -2.36. The Kier molecular flexibility index (Phi) is 2.82. The van der Waals surface area contributed by atoms with Crippen LogP contribution >= 0.6 is 11.6 Å². The van der Waals surface area contributed by atoms with Crippen LogP contribution in [0.3, 0.4) is 0 Å². The van der Waals surface area contributed by atoms with Crippen LogP contribution in [0.25, 0.3) is 0 Å². The number of nitrogens with zero attached hydrogens (tertiary/aromatic N) is 1. The first-order valence-electron chi connectivity index (χ1n) is 4.83. The smallest absolute Gasteiger partial charge is 0.129 e. The van der Waals surface area contributed by atoms with E-state index in [1.165, 1.54) is 6.20 Å². The summed E-state index contributed by atoms with van der Waals surface area (Å²) in [6.07, 6.45) is 2.90. The van der Waals surface area contributed by atoms with Crippen LogP contribution in [0.2, 0.25) is 5.02 Å². The van der Waals surface area contributed by atoms with Gasteiger partial charge in [-0.15, -0.1) is 0 Å². The molecule has 5 heteroatoms. The topological polar surface area (TPSA) is 68.4 Å². The number of aromatic nitrogens is 1. The van der Waals surface area contributed by atoms with Gasteiger partial charge in [0.25, 0.3) is 0 Å². The predicted octanol–water partition coefficient (Wildman–Crippen LogP) is 1.32. The second-order valence-corrected chi connectivity index (χ2v) is 4.21. The number of nitrogen functional groups attached to an aromatic ring is 1. The monoisotopic (exact) mass is 228 g/mol. The van der Waals surface area contributed by atoms with E-state index in [9.17, 15) is 5.11 Å². The van der Waals surface area contributed by atoms with Crippen molar-refractivity contribution in [1.29, 1.82) is 0 Å². The van der Waals surface area contributed by atoms with Gasteiger partial charge in [-0.1, -0.05) is 11.6 Å². The van der Waals surface area contributed by atoms with Crippen LogP contribution in [-0.4, -0.2) is 23.3 Å². The summed E-state index contributed by atoms with van der Waals surface area (Å²) in [5, 5.41) is 10.8. The van der Waals surface area contributed by atoms with E-state index in [4.69, 9.17) is 22.1 Å². The van der Waals surface area contributed by atoms with Gasteiger partial charge >= 0.3 is 0 Å². The Hall–Kier alpha value is -0.840. The molecule has 0 aromatic carbocycles. The highest BCUT2D eigenvalue weighted by Crippen LogP contribution is 2.34. The fraction of sp³-hybridized carbons (Fsp3) is 0.500. The molecule has 1 aromatic heterocycles. The predicted molar refractivity (Wildman–Crippen MR) is 57.6 cm³/mol. The Labute approximate surface area is 93.0 Å². The number of rotatable bonds is 1. The Morgan fingerprint density at radius 2 is 2.40 bits per heavy atom. The summed E-state index contributed by atoms with van der Waals surface area (Å²) in [4.78, 5) is 3.93. The van der Waals surface area contributed by atoms with Crippen molar-refractivity contribution in [1.82, 2.24) is 4.98 Å². The van der Waals surface area contributed by atoms with Crippen molar-refractivity contribution < 1.29 is 9.84 Å². The average molecular weight is 229 g/mol. The molecule has 0 bridgehead atoms. The highest BCUT2D eigenvalue weighted by atomic mass is 35.5. The van der Waals surface area contributed by atoms with E-state index >= 15 is 0 Å². The average Bonchev–Trinajstić information content (AvgIpc) is 2.23. The number of anilines is 1. The van der Waals surface area contributed by atoms with E-state index in [0.717, 1.165) is 6.42 Å². The van der Waals surface area contributed by atoms with Gasteiger partial charge in [0.05, 0.1) is 11.6 Å². The lowest BCUT2D eigenvalue weighted by Gasteiger charge is -2.32. The van der Waals surface area contributed by atoms with Crippen LogP contribution in [0.1, 0.15) is 18.4 Å². The number of pyridine rings is 1. The lowest BCUT2D eigenvalue weighted by atomic mass is 9.89. The molecule has 3 N–H and O–H groups in total. The molecule has 1 saturated heterocycles. The van der Waals surface area contributed by atoms with E-state index in [-0.39, 0.29) is 6.61 Å². The standard InChI is InChI=1S/C10H13ClN2O2/c11-7-4-8(9(12)13-5-7)10(14)2-1-3-15-6-10/h4-5,14H,1-3,6H2,(H2,12,13). The zero-order valence-electron chi connectivity index (χ0n) is 8.24. The third kappa shape index (κ3) is 2.07. The molecule has 1 aliphatic heterocycles. The van der Waals surface area contributed by atoms with Crippen LogP contribution in [0.15, 0.2) is 12.3 Å². The molecule has 1 unspecified atom stereocenters. The van der Waals surface area contributed by atoms with Crippen molar-refractivity contribution in [3.8, 4) is 0 Å². The van der Waals surface area contributed by atoms with E-state index in [0.29, 0.717) is 29.4 Å². The maximum atomic E-state index is 10.3. The minimum atomic E-state index is -1.04. The Balaban J connectivity index is 2.38. The van der Waals surface area contributed by atoms with Crippen LogP contribution in [0.5, 0.6) is 0 Å². The molecule has 2 heterocycles. The molecule has 15 heavy (non-hydrogen) atoms. The Morgan fingerprint density at radius 3 is 3.07 bits per heavy atom. The van der Waals surface area contributed by atoms with Crippen LogP contribution in [-0.2, 0) is 10.3 Å². The molecule has 2 rings (SSSR count). The number of nitrogens with two attached hydrogens (primary N) is 1. The van der Waals surface area contributed by atoms with Crippen molar-refractivity contribution >= 4 is 17.4 Å². The maximum Gasteiger partial charge on any atom is 0.129 e. The van der Waals surface area contributed by atoms with Crippen molar-refractivity contribution in [3.63, 3.8) is 0 Å². The molecule has 0 amide bonds. The summed E-state index contributed by atoms with van der Waals surface area (Å²) in [5.41, 5.74) is 5.24. The van der Waals surface area contributed by atoms with Gasteiger partial charge in [-0.25, -0.2) is 4.98 Å². The molecule has 0 radical (unpaired) electrons. The van der Waals surface area contributed by atoms with Gasteiger partial charge < -0.3 is 15.6 Å². The third-order valence-electron chi connectivity index (χ3n) is 2.61. The van der Waals surface area contributed by atoms with E-state index < -0.39 is 5.60 Å². The number of halogens is 1. The van der Waals surface area contributed by atoms with Crippen molar-refractivity contribution in [2.45, 2.75) is 18.4 Å². The highest BCUT2D eigenvalue weighted by molar-refractivity contribution is 6.30. The molecule has 1 fully saturated rings. The largest absolute Gasteiger partial charge is 0.383 e. The van der Waals surface area contributed by atoms with Gasteiger partial charge in [0.2, 0.25) is 0 Å². The van der Waals surface area contributed by atoms with Crippen LogP contribution < -0.4 is 5.73 Å². The van der Waals surface area contributed by atoms with Crippen molar-refractivity contribution in [2.75, 3.05) is 18.9 Å². The summed E-state index contributed by atoms with van der Waals surface area (Å²) in [6.45, 7) is 0.926. The first kappa shape index (κ1) is 10.7. The molecule has 1 aliphatic rings. The quantitative estimate of drug-likeness (QED) is 0.761. The summed E-state index contributed by atoms with van der Waals surface area (Å²) in [6, 6.07) is 1.65. The van der Waals surface area contributed by atoms with Gasteiger partial charge in [0, 0.05) is 18.4 Å². The number of ether oxygens (including phenoxy) is 1. The minimum Gasteiger partial charge on any atom is -0.383 e. The van der Waals surface area contributed by atoms with Crippen LogP contribution in [0.4, 0.5) is 5.82 Å². The first-order valence-corrected chi connectivity index (χ1v) is 5.21. The number of hydrogen-bond donors (Lipinski definition) is 2. The molecular formula is C10H13ClN2O2. The van der Waals surface area contributed by atoms with E-state index in [1.807, 2.05) is 0 Å². The molecule has 82 valence electrons. The zero-order valence-corrected chi connectivity index (χ0v) is 9.00. The molecule has 0 spiro atoms. The SMILES string of the molecule is Nc1ncc(Cl)cc1C1(O)CCCOC1.